The first-order valence-electron chi connectivity index (χ1n) is 9.20. The van der Waals surface area contributed by atoms with E-state index in [0.29, 0.717) is 29.3 Å². The SMILES string of the molecule is CCN(CC)C(=O)c1sc(NC(=O)c2ccc(C)o2)c(C(=O)OC(C)C)c1C. The molecule has 28 heavy (non-hydrogen) atoms. The lowest BCUT2D eigenvalue weighted by Gasteiger charge is -2.18. The second kappa shape index (κ2) is 9.05. The fourth-order valence-corrected chi connectivity index (χ4v) is 3.86. The molecular formula is C20H26N2O5S. The van der Waals surface area contributed by atoms with Crippen molar-refractivity contribution in [2.24, 2.45) is 0 Å². The Morgan fingerprint density at radius 3 is 2.32 bits per heavy atom. The maximum atomic E-state index is 12.9. The van der Waals surface area contributed by atoms with Crippen molar-refractivity contribution in [3.05, 3.63) is 39.7 Å². The number of aryl methyl sites for hydroxylation is 1. The molecule has 0 saturated carbocycles. The Morgan fingerprint density at radius 2 is 1.82 bits per heavy atom. The van der Waals surface area contributed by atoms with E-state index in [1.165, 1.54) is 0 Å². The van der Waals surface area contributed by atoms with Gasteiger partial charge in [0.2, 0.25) is 0 Å². The molecule has 2 heterocycles. The van der Waals surface area contributed by atoms with Crippen molar-refractivity contribution in [3.63, 3.8) is 0 Å². The molecule has 0 bridgehead atoms. The van der Waals surface area contributed by atoms with Crippen LogP contribution in [0.1, 0.15) is 69.6 Å². The Hall–Kier alpha value is -2.61. The second-order valence-corrected chi connectivity index (χ2v) is 7.58. The van der Waals surface area contributed by atoms with E-state index < -0.39 is 11.9 Å². The van der Waals surface area contributed by atoms with E-state index in [2.05, 4.69) is 5.32 Å². The normalized spacial score (nSPS) is 10.8. The summed E-state index contributed by atoms with van der Waals surface area (Å²) in [5.41, 5.74) is 0.698. The number of esters is 1. The molecule has 0 spiro atoms. The number of rotatable bonds is 7. The summed E-state index contributed by atoms with van der Waals surface area (Å²) >= 11 is 1.07. The van der Waals surface area contributed by atoms with Crippen LogP contribution in [0.15, 0.2) is 16.5 Å². The van der Waals surface area contributed by atoms with Crippen LogP contribution in [0.5, 0.6) is 0 Å². The van der Waals surface area contributed by atoms with Gasteiger partial charge in [0.05, 0.1) is 16.5 Å². The molecule has 0 aliphatic carbocycles. The minimum Gasteiger partial charge on any atom is -0.459 e. The molecule has 0 atom stereocenters. The molecule has 2 aromatic heterocycles. The van der Waals surface area contributed by atoms with E-state index in [0.717, 1.165) is 11.3 Å². The summed E-state index contributed by atoms with van der Waals surface area (Å²) in [4.78, 5) is 40.1. The van der Waals surface area contributed by atoms with Crippen LogP contribution in [0.3, 0.4) is 0 Å². The smallest absolute Gasteiger partial charge is 0.341 e. The molecule has 0 aliphatic heterocycles. The predicted octanol–water partition coefficient (Wildman–Crippen LogP) is 4.26. The van der Waals surface area contributed by atoms with Gasteiger partial charge in [-0.1, -0.05) is 0 Å². The molecule has 152 valence electrons. The molecule has 2 amide bonds. The van der Waals surface area contributed by atoms with Crippen LogP contribution in [-0.2, 0) is 4.74 Å². The summed E-state index contributed by atoms with van der Waals surface area (Å²) < 4.78 is 10.7. The summed E-state index contributed by atoms with van der Waals surface area (Å²) in [6.07, 6.45) is -0.329. The summed E-state index contributed by atoms with van der Waals surface area (Å²) in [5.74, 6) is -0.517. The van der Waals surface area contributed by atoms with Crippen LogP contribution >= 0.6 is 11.3 Å². The number of thiophene rings is 1. The maximum Gasteiger partial charge on any atom is 0.341 e. The van der Waals surface area contributed by atoms with E-state index in [1.807, 2.05) is 13.8 Å². The number of hydrogen-bond acceptors (Lipinski definition) is 6. The van der Waals surface area contributed by atoms with Crippen molar-refractivity contribution < 1.29 is 23.5 Å². The summed E-state index contributed by atoms with van der Waals surface area (Å²) in [6, 6.07) is 3.23. The lowest BCUT2D eigenvalue weighted by molar-refractivity contribution is 0.0379. The number of hydrogen-bond donors (Lipinski definition) is 1. The Labute approximate surface area is 168 Å². The van der Waals surface area contributed by atoms with Crippen molar-refractivity contribution in [2.75, 3.05) is 18.4 Å². The van der Waals surface area contributed by atoms with Crippen molar-refractivity contribution in [1.82, 2.24) is 4.90 Å². The van der Waals surface area contributed by atoms with E-state index in [4.69, 9.17) is 9.15 Å². The van der Waals surface area contributed by atoms with Crippen LogP contribution in [0.2, 0.25) is 0 Å². The van der Waals surface area contributed by atoms with Gasteiger partial charge in [0.15, 0.2) is 5.76 Å². The average Bonchev–Trinajstić information content (AvgIpc) is 3.18. The highest BCUT2D eigenvalue weighted by atomic mass is 32.1. The van der Waals surface area contributed by atoms with E-state index in [9.17, 15) is 14.4 Å². The zero-order valence-corrected chi connectivity index (χ0v) is 17.9. The highest BCUT2D eigenvalue weighted by molar-refractivity contribution is 7.18. The van der Waals surface area contributed by atoms with Gasteiger partial charge >= 0.3 is 5.97 Å². The second-order valence-electron chi connectivity index (χ2n) is 6.56. The van der Waals surface area contributed by atoms with Gasteiger partial charge in [0.1, 0.15) is 10.8 Å². The number of furan rings is 1. The van der Waals surface area contributed by atoms with Gasteiger partial charge in [-0.05, 0) is 59.2 Å². The van der Waals surface area contributed by atoms with Crippen LogP contribution in [0, 0.1) is 13.8 Å². The van der Waals surface area contributed by atoms with Gasteiger partial charge in [0.25, 0.3) is 11.8 Å². The van der Waals surface area contributed by atoms with Crippen molar-refractivity contribution in [3.8, 4) is 0 Å². The first kappa shape index (κ1) is 21.7. The zero-order valence-electron chi connectivity index (χ0n) is 17.0. The lowest BCUT2D eigenvalue weighted by atomic mass is 10.1. The van der Waals surface area contributed by atoms with Gasteiger partial charge in [-0.15, -0.1) is 11.3 Å². The number of ether oxygens (including phenoxy) is 1. The van der Waals surface area contributed by atoms with E-state index in [1.54, 1.807) is 44.7 Å². The minimum atomic E-state index is -0.576. The molecule has 0 aromatic carbocycles. The molecule has 0 unspecified atom stereocenters. The molecule has 0 radical (unpaired) electrons. The maximum absolute atomic E-state index is 12.9. The topological polar surface area (TPSA) is 88.9 Å². The molecule has 7 nitrogen and oxygen atoms in total. The van der Waals surface area contributed by atoms with Gasteiger partial charge < -0.3 is 19.4 Å². The fraction of sp³-hybridized carbons (Fsp3) is 0.450. The van der Waals surface area contributed by atoms with E-state index >= 15 is 0 Å². The molecule has 1 N–H and O–H groups in total. The van der Waals surface area contributed by atoms with Crippen LogP contribution in [0.25, 0.3) is 0 Å². The summed E-state index contributed by atoms with van der Waals surface area (Å²) in [5, 5.41) is 2.98. The Balaban J connectivity index is 2.46. The Bertz CT molecular complexity index is 877. The number of carbonyl (C=O) groups excluding carboxylic acids is 3. The zero-order chi connectivity index (χ0) is 21.0. The largest absolute Gasteiger partial charge is 0.459 e. The number of carbonyl (C=O) groups is 3. The molecule has 2 aromatic rings. The van der Waals surface area contributed by atoms with Crippen LogP contribution in [0.4, 0.5) is 5.00 Å². The first-order chi connectivity index (χ1) is 13.2. The summed E-state index contributed by atoms with van der Waals surface area (Å²) in [7, 11) is 0. The third-order valence-electron chi connectivity index (χ3n) is 4.13. The number of amides is 2. The average molecular weight is 407 g/mol. The van der Waals surface area contributed by atoms with Gasteiger partial charge in [0, 0.05) is 13.1 Å². The minimum absolute atomic E-state index is 0.128. The number of nitrogens with zero attached hydrogens (tertiary/aromatic N) is 1. The first-order valence-corrected chi connectivity index (χ1v) is 10.0. The highest BCUT2D eigenvalue weighted by Crippen LogP contribution is 2.35. The van der Waals surface area contributed by atoms with Crippen LogP contribution < -0.4 is 5.32 Å². The third-order valence-corrected chi connectivity index (χ3v) is 5.32. The fourth-order valence-electron chi connectivity index (χ4n) is 2.70. The third kappa shape index (κ3) is 4.62. The van der Waals surface area contributed by atoms with Gasteiger partial charge in [-0.2, -0.15) is 0 Å². The predicted molar refractivity (Wildman–Crippen MR) is 108 cm³/mol. The monoisotopic (exact) mass is 406 g/mol. The molecule has 2 rings (SSSR count). The Morgan fingerprint density at radius 1 is 1.18 bits per heavy atom. The van der Waals surface area contributed by atoms with E-state index in [-0.39, 0.29) is 28.3 Å². The quantitative estimate of drug-likeness (QED) is 0.694. The molecule has 0 aliphatic rings. The van der Waals surface area contributed by atoms with Crippen LogP contribution in [-0.4, -0.2) is 41.9 Å². The standard InChI is InChI=1S/C20H26N2O5S/c1-7-22(8-2)19(24)16-13(6)15(20(25)26-11(3)4)18(28-16)21-17(23)14-10-9-12(5)27-14/h9-11H,7-8H2,1-6H3,(H,21,23). The molecular weight excluding hydrogens is 380 g/mol. The van der Waals surface area contributed by atoms with Gasteiger partial charge in [-0.25, -0.2) is 4.79 Å². The lowest BCUT2D eigenvalue weighted by Crippen LogP contribution is -2.30. The van der Waals surface area contributed by atoms with Crippen molar-refractivity contribution in [2.45, 2.75) is 47.6 Å². The highest BCUT2D eigenvalue weighted by Gasteiger charge is 2.29. The molecule has 0 fully saturated rings. The summed E-state index contributed by atoms with van der Waals surface area (Å²) in [6.45, 7) is 11.8. The molecule has 8 heteroatoms. The Kier molecular flexibility index (Phi) is 7.01. The number of anilines is 1. The molecule has 0 saturated heterocycles. The number of nitrogens with one attached hydrogen (secondary N) is 1. The van der Waals surface area contributed by atoms with Gasteiger partial charge in [-0.3, -0.25) is 9.59 Å². The van der Waals surface area contributed by atoms with Crippen molar-refractivity contribution >= 4 is 34.1 Å². The van der Waals surface area contributed by atoms with Crippen molar-refractivity contribution in [1.29, 1.82) is 0 Å².